The number of benzene rings is 9. The Morgan fingerprint density at radius 2 is 1.19 bits per heavy atom. The van der Waals surface area contributed by atoms with Crippen LogP contribution in [0, 0.1) is 6.92 Å². The van der Waals surface area contributed by atoms with Gasteiger partial charge in [0.1, 0.15) is 0 Å². The number of anilines is 2. The molecule has 2 heteroatoms. The fourth-order valence-corrected chi connectivity index (χ4v) is 9.62. The van der Waals surface area contributed by atoms with Crippen LogP contribution in [-0.4, -0.2) is 4.57 Å². The van der Waals surface area contributed by atoms with Gasteiger partial charge in [-0.15, -0.1) is 0 Å². The van der Waals surface area contributed by atoms with E-state index in [4.69, 9.17) is 0 Å². The van der Waals surface area contributed by atoms with Crippen LogP contribution in [0.3, 0.4) is 0 Å². The Kier molecular flexibility index (Phi) is 9.21. The van der Waals surface area contributed by atoms with Gasteiger partial charge < -0.3 is 9.88 Å². The van der Waals surface area contributed by atoms with Gasteiger partial charge in [-0.2, -0.15) is 0 Å². The van der Waals surface area contributed by atoms with Gasteiger partial charge in [-0.05, 0) is 144 Å². The zero-order valence-corrected chi connectivity index (χ0v) is 35.2. The fourth-order valence-electron chi connectivity index (χ4n) is 9.62. The predicted octanol–water partition coefficient (Wildman–Crippen LogP) is 16.8. The molecule has 0 amide bonds. The molecular weight excluding hydrogens is 761 g/mol. The molecule has 0 aliphatic heterocycles. The fraction of sp³-hybridized carbons (Fsp3) is 0.0164. The third-order valence-corrected chi connectivity index (χ3v) is 12.8. The molecule has 0 unspecified atom stereocenters. The van der Waals surface area contributed by atoms with E-state index < -0.39 is 0 Å². The van der Waals surface area contributed by atoms with Gasteiger partial charge in [0.2, 0.25) is 0 Å². The standard InChI is InChI=1S/C61H44N2/c1-5-49-50(6-2)55-33-32-51(54-20-13-19-53(49)61(54)55)43-24-29-47(30-25-43)62-58-34-27-45(37-56(58)40(4)22-23-41-15-8-7-14-39(41)3)46-28-35-60-57(38-46)52-18-11-12-21-59(52)63(60)48-31-26-42-16-9-10-17-44(42)36-48/h5-38,62H,1-2,4H2,3H3/b23-22-. The molecule has 0 fully saturated rings. The molecule has 0 spiro atoms. The minimum absolute atomic E-state index is 0.924. The highest BCUT2D eigenvalue weighted by Gasteiger charge is 2.22. The summed E-state index contributed by atoms with van der Waals surface area (Å²) in [7, 11) is 0. The summed E-state index contributed by atoms with van der Waals surface area (Å²) in [6, 6.07) is 65.8. The highest BCUT2D eigenvalue weighted by Crippen LogP contribution is 2.46. The van der Waals surface area contributed by atoms with Gasteiger partial charge in [-0.3, -0.25) is 0 Å². The number of allylic oxidation sites excluding steroid dienone is 6. The van der Waals surface area contributed by atoms with Gasteiger partial charge in [-0.1, -0.05) is 171 Å². The van der Waals surface area contributed by atoms with Crippen LogP contribution in [0.25, 0.3) is 94.1 Å². The zero-order chi connectivity index (χ0) is 42.6. The molecule has 0 saturated carbocycles. The summed E-state index contributed by atoms with van der Waals surface area (Å²) in [5.74, 6) is 0. The van der Waals surface area contributed by atoms with Crippen molar-refractivity contribution in [1.82, 2.24) is 4.57 Å². The molecule has 1 aliphatic rings. The van der Waals surface area contributed by atoms with Crippen LogP contribution < -0.4 is 5.32 Å². The Bertz CT molecular complexity index is 3560. The number of nitrogens with zero attached hydrogens (tertiary/aromatic N) is 1. The third-order valence-electron chi connectivity index (χ3n) is 12.8. The van der Waals surface area contributed by atoms with Gasteiger partial charge in [0.15, 0.2) is 0 Å². The Morgan fingerprint density at radius 1 is 0.524 bits per heavy atom. The van der Waals surface area contributed by atoms with Crippen LogP contribution in [0.4, 0.5) is 11.4 Å². The number of nitrogens with one attached hydrogen (secondary N) is 1. The maximum atomic E-state index is 4.64. The summed E-state index contributed by atoms with van der Waals surface area (Å²) < 4.78 is 2.39. The molecule has 1 aliphatic carbocycles. The second-order valence-electron chi connectivity index (χ2n) is 16.4. The van der Waals surface area contributed by atoms with Crippen LogP contribution in [0.2, 0.25) is 0 Å². The van der Waals surface area contributed by atoms with E-state index in [1.165, 1.54) is 71.2 Å². The summed E-state index contributed by atoms with van der Waals surface area (Å²) >= 11 is 0. The van der Waals surface area contributed by atoms with Gasteiger partial charge in [0.25, 0.3) is 0 Å². The Hall–Kier alpha value is -8.20. The second-order valence-corrected chi connectivity index (χ2v) is 16.4. The van der Waals surface area contributed by atoms with Crippen molar-refractivity contribution in [3.8, 4) is 27.9 Å². The SMILES string of the molecule is C=CC1=C(C=C)c2ccc(-c3ccc(Nc4ccc(-c5ccc6c(c5)c5ccccc5n6-c5ccc6ccccc6c5)cc4C(=C)/C=C\c4ccccc4C)cc3)c3cccc1c23. The first-order valence-corrected chi connectivity index (χ1v) is 21.5. The smallest absolute Gasteiger partial charge is 0.0541 e. The van der Waals surface area contributed by atoms with Crippen LogP contribution in [0.1, 0.15) is 27.8 Å². The van der Waals surface area contributed by atoms with Crippen molar-refractivity contribution in [2.45, 2.75) is 6.92 Å². The van der Waals surface area contributed by atoms with E-state index in [0.29, 0.717) is 0 Å². The van der Waals surface area contributed by atoms with E-state index >= 15 is 0 Å². The van der Waals surface area contributed by atoms with Crippen LogP contribution >= 0.6 is 0 Å². The molecule has 63 heavy (non-hydrogen) atoms. The molecule has 1 N–H and O–H groups in total. The lowest BCUT2D eigenvalue weighted by Gasteiger charge is -2.16. The van der Waals surface area contributed by atoms with Crippen molar-refractivity contribution < 1.29 is 0 Å². The Balaban J connectivity index is 0.968. The van der Waals surface area contributed by atoms with E-state index in [0.717, 1.165) is 56.0 Å². The first-order valence-electron chi connectivity index (χ1n) is 21.5. The summed E-state index contributed by atoms with van der Waals surface area (Å²) in [5.41, 5.74) is 19.2. The molecule has 1 heterocycles. The van der Waals surface area contributed by atoms with Gasteiger partial charge in [0.05, 0.1) is 11.0 Å². The van der Waals surface area contributed by atoms with Crippen LogP contribution in [0.15, 0.2) is 220 Å². The molecule has 11 rings (SSSR count). The number of aryl methyl sites for hydroxylation is 1. The average molecular weight is 805 g/mol. The highest BCUT2D eigenvalue weighted by molar-refractivity contribution is 6.20. The van der Waals surface area contributed by atoms with E-state index in [2.05, 4.69) is 231 Å². The van der Waals surface area contributed by atoms with E-state index in [-0.39, 0.29) is 0 Å². The largest absolute Gasteiger partial charge is 0.355 e. The third kappa shape index (κ3) is 6.43. The lowest BCUT2D eigenvalue weighted by Crippen LogP contribution is -1.96. The first kappa shape index (κ1) is 37.8. The van der Waals surface area contributed by atoms with Crippen LogP contribution in [-0.2, 0) is 0 Å². The quantitative estimate of drug-likeness (QED) is 0.136. The number of fused-ring (bicyclic) bond motifs is 4. The lowest BCUT2D eigenvalue weighted by molar-refractivity contribution is 1.19. The van der Waals surface area contributed by atoms with Gasteiger partial charge >= 0.3 is 0 Å². The van der Waals surface area contributed by atoms with Crippen molar-refractivity contribution in [3.05, 3.63) is 248 Å². The minimum Gasteiger partial charge on any atom is -0.355 e. The molecule has 1 aromatic heterocycles. The molecule has 10 aromatic rings. The summed E-state index contributed by atoms with van der Waals surface area (Å²) in [6.45, 7) is 15.0. The van der Waals surface area contributed by atoms with Crippen molar-refractivity contribution in [1.29, 1.82) is 0 Å². The van der Waals surface area contributed by atoms with Crippen molar-refractivity contribution in [3.63, 3.8) is 0 Å². The monoisotopic (exact) mass is 804 g/mol. The summed E-state index contributed by atoms with van der Waals surface area (Å²) in [6.07, 6.45) is 8.20. The topological polar surface area (TPSA) is 17.0 Å². The molecule has 0 atom stereocenters. The average Bonchev–Trinajstić information content (AvgIpc) is 3.84. The van der Waals surface area contributed by atoms with E-state index in [1.807, 2.05) is 12.2 Å². The van der Waals surface area contributed by atoms with Crippen molar-refractivity contribution in [2.75, 3.05) is 5.32 Å². The molecule has 0 saturated heterocycles. The van der Waals surface area contributed by atoms with Crippen LogP contribution in [0.5, 0.6) is 0 Å². The number of para-hydroxylation sites is 1. The maximum absolute atomic E-state index is 4.64. The number of hydrogen-bond donors (Lipinski definition) is 1. The molecule has 298 valence electrons. The van der Waals surface area contributed by atoms with Gasteiger partial charge in [-0.25, -0.2) is 0 Å². The Morgan fingerprint density at radius 3 is 2.02 bits per heavy atom. The first-order chi connectivity index (χ1) is 31.0. The number of rotatable bonds is 10. The van der Waals surface area contributed by atoms with E-state index in [1.54, 1.807) is 0 Å². The Labute approximate surface area is 368 Å². The predicted molar refractivity (Wildman–Crippen MR) is 273 cm³/mol. The number of hydrogen-bond acceptors (Lipinski definition) is 1. The second kappa shape index (κ2) is 15.4. The molecule has 9 aromatic carbocycles. The zero-order valence-electron chi connectivity index (χ0n) is 35.2. The molecule has 0 radical (unpaired) electrons. The maximum Gasteiger partial charge on any atom is 0.0541 e. The number of aromatic nitrogens is 1. The summed E-state index contributed by atoms with van der Waals surface area (Å²) in [5, 5.41) is 11.2. The normalized spacial score (nSPS) is 12.3. The van der Waals surface area contributed by atoms with E-state index in [9.17, 15) is 0 Å². The van der Waals surface area contributed by atoms with Crippen molar-refractivity contribution >= 4 is 77.5 Å². The van der Waals surface area contributed by atoms with Crippen molar-refractivity contribution in [2.24, 2.45) is 0 Å². The highest BCUT2D eigenvalue weighted by atomic mass is 15.0. The molecule has 0 bridgehead atoms. The van der Waals surface area contributed by atoms with Gasteiger partial charge in [0, 0.05) is 33.4 Å². The lowest BCUT2D eigenvalue weighted by atomic mass is 9.93. The molecule has 2 nitrogen and oxygen atoms in total. The molecular formula is C61H44N2. The summed E-state index contributed by atoms with van der Waals surface area (Å²) in [4.78, 5) is 0. The minimum atomic E-state index is 0.924.